The maximum Gasteiger partial charge on any atom is 0.247 e. The van der Waals surface area contributed by atoms with Gasteiger partial charge in [-0.3, -0.25) is 4.79 Å². The van der Waals surface area contributed by atoms with Crippen molar-refractivity contribution in [1.82, 2.24) is 4.90 Å². The lowest BCUT2D eigenvalue weighted by molar-refractivity contribution is -0.135. The van der Waals surface area contributed by atoms with Crippen LogP contribution in [0, 0.1) is 0 Å². The van der Waals surface area contributed by atoms with Gasteiger partial charge in [0, 0.05) is 12.6 Å². The van der Waals surface area contributed by atoms with Gasteiger partial charge in [0.25, 0.3) is 0 Å². The molecule has 0 saturated heterocycles. The molecule has 1 amide bonds. The quantitative estimate of drug-likeness (QED) is 0.508. The Kier molecular flexibility index (Phi) is 7.52. The summed E-state index contributed by atoms with van der Waals surface area (Å²) in [6.07, 6.45) is 3.32. The molecule has 2 aromatic carbocycles. The fourth-order valence-corrected chi connectivity index (χ4v) is 4.37. The van der Waals surface area contributed by atoms with Gasteiger partial charge in [0.1, 0.15) is 0 Å². The number of carbonyl (C=O) groups excluding carboxylic acids is 1. The average Bonchev–Trinajstić information content (AvgIpc) is 2.74. The molecule has 4 nitrogen and oxygen atoms in total. The molecule has 0 aliphatic carbocycles. The van der Waals surface area contributed by atoms with Gasteiger partial charge >= 0.3 is 0 Å². The summed E-state index contributed by atoms with van der Waals surface area (Å²) in [7, 11) is -1.97. The molecule has 0 aromatic heterocycles. The van der Waals surface area contributed by atoms with Gasteiger partial charge in [-0.25, -0.2) is 0 Å². The fourth-order valence-electron chi connectivity index (χ4n) is 3.35. The van der Waals surface area contributed by atoms with Gasteiger partial charge in [-0.05, 0) is 35.3 Å². The molecule has 2 aromatic rings. The van der Waals surface area contributed by atoms with Crippen molar-refractivity contribution in [2.45, 2.75) is 64.2 Å². The third-order valence-electron chi connectivity index (χ3n) is 6.39. The Morgan fingerprint density at radius 2 is 1.52 bits per heavy atom. The van der Waals surface area contributed by atoms with E-state index in [1.54, 1.807) is 6.08 Å². The van der Waals surface area contributed by atoms with E-state index in [9.17, 15) is 4.79 Å². The van der Waals surface area contributed by atoms with Crippen molar-refractivity contribution in [3.8, 4) is 0 Å². The molecule has 0 radical (unpaired) electrons. The van der Waals surface area contributed by atoms with E-state index in [1.165, 1.54) is 0 Å². The number of rotatable bonds is 8. The van der Waals surface area contributed by atoms with E-state index < -0.39 is 8.32 Å². The first-order chi connectivity index (χ1) is 14.7. The molecule has 2 atom stereocenters. The zero-order valence-electron chi connectivity index (χ0n) is 19.4. The van der Waals surface area contributed by atoms with Crippen molar-refractivity contribution in [3.63, 3.8) is 0 Å². The Bertz CT molecular complexity index is 875. The predicted octanol–water partition coefficient (Wildman–Crippen LogP) is 5.56. The van der Waals surface area contributed by atoms with E-state index in [0.717, 1.165) is 11.1 Å². The van der Waals surface area contributed by atoms with Crippen molar-refractivity contribution in [2.24, 2.45) is 0 Å². The van der Waals surface area contributed by atoms with Crippen LogP contribution < -0.4 is 0 Å². The topological polar surface area (TPSA) is 38.8 Å². The van der Waals surface area contributed by atoms with Crippen LogP contribution in [0.1, 0.15) is 31.9 Å². The minimum Gasteiger partial charge on any atom is -0.415 e. The summed E-state index contributed by atoms with van der Waals surface area (Å²) >= 11 is 0. The Balaban J connectivity index is 1.81. The molecular formula is C26H35NO3Si. The summed E-state index contributed by atoms with van der Waals surface area (Å²) in [6, 6.07) is 20.1. The van der Waals surface area contributed by atoms with Crippen molar-refractivity contribution in [1.29, 1.82) is 0 Å². The zero-order valence-corrected chi connectivity index (χ0v) is 20.4. The van der Waals surface area contributed by atoms with Crippen LogP contribution in [0.3, 0.4) is 0 Å². The largest absolute Gasteiger partial charge is 0.415 e. The third kappa shape index (κ3) is 6.16. The second-order valence-electron chi connectivity index (χ2n) is 9.71. The fraction of sp³-hybridized carbons (Fsp3) is 0.423. The smallest absolute Gasteiger partial charge is 0.247 e. The van der Waals surface area contributed by atoms with E-state index in [1.807, 2.05) is 47.4 Å². The van der Waals surface area contributed by atoms with E-state index in [-0.39, 0.29) is 23.1 Å². The molecule has 0 unspecified atom stereocenters. The number of carbonyl (C=O) groups is 1. The van der Waals surface area contributed by atoms with Crippen LogP contribution in [0.2, 0.25) is 18.1 Å². The van der Waals surface area contributed by atoms with Gasteiger partial charge in [0.2, 0.25) is 5.91 Å². The highest BCUT2D eigenvalue weighted by atomic mass is 28.4. The van der Waals surface area contributed by atoms with Crippen LogP contribution in [0.15, 0.2) is 72.8 Å². The molecule has 31 heavy (non-hydrogen) atoms. The van der Waals surface area contributed by atoms with Crippen LogP contribution in [-0.2, 0) is 27.1 Å². The standard InChI is InChI=1S/C26H35NO3Si/c1-26(2,3)31(4,5)30-20-23-24(29-19-22-14-10-7-11-15-22)16-17-25(28)27(23)18-21-12-8-6-9-13-21/h6-17,23-24H,18-20H2,1-5H3/t23-,24+/m1/s1. The Hall–Kier alpha value is -2.21. The SMILES string of the molecule is CC(C)(C)[Si](C)(C)OC[C@@H]1[C@@H](OCc2ccccc2)C=CC(=O)N1Cc1ccccc1. The number of hydrogen-bond acceptors (Lipinski definition) is 3. The summed E-state index contributed by atoms with van der Waals surface area (Å²) < 4.78 is 12.9. The Morgan fingerprint density at radius 3 is 2.10 bits per heavy atom. The van der Waals surface area contributed by atoms with E-state index in [0.29, 0.717) is 19.8 Å². The molecule has 0 saturated carbocycles. The second kappa shape index (κ2) is 9.94. The van der Waals surface area contributed by atoms with Crippen LogP contribution in [0.5, 0.6) is 0 Å². The summed E-state index contributed by atoms with van der Waals surface area (Å²) in [5.74, 6) is 0.00671. The molecule has 3 rings (SSSR count). The number of amides is 1. The van der Waals surface area contributed by atoms with E-state index >= 15 is 0 Å². The van der Waals surface area contributed by atoms with Gasteiger partial charge in [-0.15, -0.1) is 0 Å². The Morgan fingerprint density at radius 1 is 0.935 bits per heavy atom. The van der Waals surface area contributed by atoms with Gasteiger partial charge in [0.05, 0.1) is 25.4 Å². The lowest BCUT2D eigenvalue weighted by Gasteiger charge is -2.42. The highest BCUT2D eigenvalue weighted by Gasteiger charge is 2.40. The van der Waals surface area contributed by atoms with Gasteiger partial charge < -0.3 is 14.1 Å². The molecular weight excluding hydrogens is 402 g/mol. The number of ether oxygens (including phenoxy) is 1. The molecule has 0 bridgehead atoms. The van der Waals surface area contributed by atoms with Crippen LogP contribution in [-0.4, -0.2) is 37.9 Å². The summed E-state index contributed by atoms with van der Waals surface area (Å²) in [5, 5.41) is 0.103. The average molecular weight is 438 g/mol. The molecule has 1 heterocycles. The minimum atomic E-state index is -1.97. The first-order valence-corrected chi connectivity index (χ1v) is 13.9. The van der Waals surface area contributed by atoms with Crippen LogP contribution in [0.25, 0.3) is 0 Å². The molecule has 1 aliphatic rings. The summed E-state index contributed by atoms with van der Waals surface area (Å²) in [5.41, 5.74) is 2.22. The van der Waals surface area contributed by atoms with Gasteiger partial charge in [0.15, 0.2) is 8.32 Å². The monoisotopic (exact) mass is 437 g/mol. The number of nitrogens with zero attached hydrogens (tertiary/aromatic N) is 1. The lowest BCUT2D eigenvalue weighted by atomic mass is 10.0. The van der Waals surface area contributed by atoms with Crippen LogP contribution in [0.4, 0.5) is 0 Å². The van der Waals surface area contributed by atoms with E-state index in [2.05, 4.69) is 58.1 Å². The molecule has 0 fully saturated rings. The second-order valence-corrected chi connectivity index (χ2v) is 14.5. The predicted molar refractivity (Wildman–Crippen MR) is 128 cm³/mol. The molecule has 5 heteroatoms. The number of hydrogen-bond donors (Lipinski definition) is 0. The molecule has 0 spiro atoms. The summed E-state index contributed by atoms with van der Waals surface area (Å²) in [4.78, 5) is 14.8. The summed E-state index contributed by atoms with van der Waals surface area (Å²) in [6.45, 7) is 12.7. The highest BCUT2D eigenvalue weighted by Crippen LogP contribution is 2.37. The van der Waals surface area contributed by atoms with Crippen LogP contribution >= 0.6 is 0 Å². The van der Waals surface area contributed by atoms with Crippen molar-refractivity contribution < 1.29 is 14.0 Å². The van der Waals surface area contributed by atoms with Crippen molar-refractivity contribution >= 4 is 14.2 Å². The zero-order chi connectivity index (χ0) is 22.5. The Labute approximate surface area is 188 Å². The maximum absolute atomic E-state index is 12.9. The first-order valence-electron chi connectivity index (χ1n) is 11.0. The maximum atomic E-state index is 12.9. The lowest BCUT2D eigenvalue weighted by Crippen LogP contribution is -2.54. The van der Waals surface area contributed by atoms with Gasteiger partial charge in [-0.1, -0.05) is 81.4 Å². The van der Waals surface area contributed by atoms with Gasteiger partial charge in [-0.2, -0.15) is 0 Å². The molecule has 0 N–H and O–H groups in total. The van der Waals surface area contributed by atoms with Crippen molar-refractivity contribution in [3.05, 3.63) is 83.9 Å². The third-order valence-corrected chi connectivity index (χ3v) is 10.9. The first kappa shape index (κ1) is 23.5. The molecule has 1 aliphatic heterocycles. The highest BCUT2D eigenvalue weighted by molar-refractivity contribution is 6.74. The molecule has 166 valence electrons. The van der Waals surface area contributed by atoms with E-state index in [4.69, 9.17) is 9.16 Å². The van der Waals surface area contributed by atoms with Crippen molar-refractivity contribution in [2.75, 3.05) is 6.61 Å². The normalized spacial score (nSPS) is 19.6. The minimum absolute atomic E-state index is 0.00671. The number of benzene rings is 2.